The Morgan fingerprint density at radius 1 is 1.00 bits per heavy atom. The van der Waals surface area contributed by atoms with Gasteiger partial charge in [0.15, 0.2) is 0 Å². The highest BCUT2D eigenvalue weighted by Gasteiger charge is 2.16. The van der Waals surface area contributed by atoms with Gasteiger partial charge in [0, 0.05) is 0 Å². The molecule has 0 unspecified atom stereocenters. The van der Waals surface area contributed by atoms with Crippen molar-refractivity contribution in [2.24, 2.45) is 0 Å². The normalized spacial score (nSPS) is 32.9. The lowest BCUT2D eigenvalue weighted by Crippen LogP contribution is -1.93. The summed E-state index contributed by atoms with van der Waals surface area (Å²) < 4.78 is 0. The summed E-state index contributed by atoms with van der Waals surface area (Å²) >= 11 is 0. The molecule has 0 spiro atoms. The van der Waals surface area contributed by atoms with Crippen molar-refractivity contribution >= 4 is 10.0 Å². The maximum atomic E-state index is 2.44. The van der Waals surface area contributed by atoms with Gasteiger partial charge in [0.1, 0.15) is 0 Å². The Morgan fingerprint density at radius 2 is 1.43 bits per heavy atom. The molecule has 1 heterocycles. The van der Waals surface area contributed by atoms with Crippen LogP contribution in [-0.4, -0.2) is 24.0 Å². The first-order valence-corrected chi connectivity index (χ1v) is 5.68. The quantitative estimate of drug-likeness (QED) is 0.455. The van der Waals surface area contributed by atoms with Crippen molar-refractivity contribution < 1.29 is 0 Å². The van der Waals surface area contributed by atoms with Crippen molar-refractivity contribution in [3.8, 4) is 0 Å². The fourth-order valence-electron chi connectivity index (χ4n) is 1.09. The molecule has 1 fully saturated rings. The van der Waals surface area contributed by atoms with Crippen molar-refractivity contribution in [3.63, 3.8) is 0 Å². The molecule has 1 saturated heterocycles. The second kappa shape index (κ2) is 1.70. The molecule has 0 bridgehead atoms. The molecule has 0 radical (unpaired) electrons. The SMILES string of the molecule is CS1(C)CCCC1. The Hall–Kier alpha value is 0.350. The second-order valence-corrected chi connectivity index (χ2v) is 7.23. The van der Waals surface area contributed by atoms with E-state index >= 15 is 0 Å². The van der Waals surface area contributed by atoms with Crippen LogP contribution in [0.5, 0.6) is 0 Å². The molecule has 0 nitrogen and oxygen atoms in total. The molecule has 0 saturated carbocycles. The summed E-state index contributed by atoms with van der Waals surface area (Å²) in [5.41, 5.74) is 0. The highest BCUT2D eigenvalue weighted by atomic mass is 32.3. The van der Waals surface area contributed by atoms with Crippen LogP contribution in [0.3, 0.4) is 0 Å². The summed E-state index contributed by atoms with van der Waals surface area (Å²) in [5, 5.41) is 0. The van der Waals surface area contributed by atoms with E-state index in [1.807, 2.05) is 0 Å². The maximum Gasteiger partial charge on any atom is -0.0232 e. The second-order valence-electron chi connectivity index (χ2n) is 2.88. The molecule has 0 aliphatic carbocycles. The maximum absolute atomic E-state index is 2.44. The molecule has 0 aromatic rings. The molecule has 0 N–H and O–H groups in total. The van der Waals surface area contributed by atoms with Crippen molar-refractivity contribution in [1.82, 2.24) is 0 Å². The van der Waals surface area contributed by atoms with Gasteiger partial charge < -0.3 is 0 Å². The van der Waals surface area contributed by atoms with Crippen molar-refractivity contribution in [3.05, 3.63) is 0 Å². The van der Waals surface area contributed by atoms with Gasteiger partial charge in [0.2, 0.25) is 0 Å². The zero-order valence-electron chi connectivity index (χ0n) is 5.24. The van der Waals surface area contributed by atoms with Gasteiger partial charge in [-0.15, -0.1) is 0 Å². The van der Waals surface area contributed by atoms with E-state index in [1.54, 1.807) is 0 Å². The summed E-state index contributed by atoms with van der Waals surface area (Å²) in [6, 6.07) is 0. The number of rotatable bonds is 0. The number of hydrogen-bond acceptors (Lipinski definition) is 0. The minimum Gasteiger partial charge on any atom is -0.247 e. The summed E-state index contributed by atoms with van der Waals surface area (Å²) in [6.07, 6.45) is 7.89. The Labute approximate surface area is 47.6 Å². The average molecular weight is 118 g/mol. The van der Waals surface area contributed by atoms with Crippen LogP contribution in [-0.2, 0) is 0 Å². The Morgan fingerprint density at radius 3 is 1.57 bits per heavy atom. The van der Waals surface area contributed by atoms with Crippen molar-refractivity contribution in [1.29, 1.82) is 0 Å². The van der Waals surface area contributed by atoms with Gasteiger partial charge in [-0.25, -0.2) is 10.0 Å². The molecular weight excluding hydrogens is 104 g/mol. The molecule has 0 amide bonds. The van der Waals surface area contributed by atoms with Gasteiger partial charge in [0.05, 0.1) is 0 Å². The summed E-state index contributed by atoms with van der Waals surface area (Å²) in [4.78, 5) is 0. The zero-order chi connectivity index (χ0) is 5.33. The summed E-state index contributed by atoms with van der Waals surface area (Å²) in [5.74, 6) is 3.07. The fraction of sp³-hybridized carbons (Fsp3) is 1.00. The zero-order valence-corrected chi connectivity index (χ0v) is 6.05. The van der Waals surface area contributed by atoms with Crippen LogP contribution in [0.1, 0.15) is 12.8 Å². The molecule has 0 atom stereocenters. The van der Waals surface area contributed by atoms with Gasteiger partial charge in [-0.1, -0.05) is 0 Å². The van der Waals surface area contributed by atoms with Gasteiger partial charge in [-0.3, -0.25) is 0 Å². The first kappa shape index (κ1) is 5.49. The highest BCUT2D eigenvalue weighted by molar-refractivity contribution is 8.32. The van der Waals surface area contributed by atoms with Crippen LogP contribution in [0.2, 0.25) is 0 Å². The standard InChI is InChI=1S/C6H14S/c1-7(2)5-3-4-6-7/h3-6H2,1-2H3. The first-order chi connectivity index (χ1) is 3.21. The molecule has 0 aromatic carbocycles. The van der Waals surface area contributed by atoms with Gasteiger partial charge >= 0.3 is 0 Å². The molecule has 1 heteroatoms. The van der Waals surface area contributed by atoms with Crippen molar-refractivity contribution in [2.45, 2.75) is 12.8 Å². The van der Waals surface area contributed by atoms with E-state index in [4.69, 9.17) is 0 Å². The minimum atomic E-state index is -0.0463. The highest BCUT2D eigenvalue weighted by Crippen LogP contribution is 2.46. The molecular formula is C6H14S. The van der Waals surface area contributed by atoms with E-state index in [-0.39, 0.29) is 10.0 Å². The molecule has 1 aliphatic rings. The largest absolute Gasteiger partial charge is 0.247 e. The molecule has 1 aliphatic heterocycles. The monoisotopic (exact) mass is 118 g/mol. The van der Waals surface area contributed by atoms with E-state index in [2.05, 4.69) is 12.5 Å². The predicted molar refractivity (Wildman–Crippen MR) is 38.4 cm³/mol. The van der Waals surface area contributed by atoms with Gasteiger partial charge in [-0.2, -0.15) is 0 Å². The van der Waals surface area contributed by atoms with Crippen LogP contribution in [0.25, 0.3) is 0 Å². The van der Waals surface area contributed by atoms with E-state index in [0.717, 1.165) is 0 Å². The van der Waals surface area contributed by atoms with E-state index in [1.165, 1.54) is 24.3 Å². The lowest BCUT2D eigenvalue weighted by atomic mass is 10.4. The third kappa shape index (κ3) is 1.37. The Balaban J connectivity index is 2.40. The summed E-state index contributed by atoms with van der Waals surface area (Å²) in [6.45, 7) is 0. The predicted octanol–water partition coefficient (Wildman–Crippen LogP) is 1.84. The smallest absolute Gasteiger partial charge is 0.0232 e. The molecule has 1 rings (SSSR count). The van der Waals surface area contributed by atoms with Crippen LogP contribution in [0.4, 0.5) is 0 Å². The number of hydrogen-bond donors (Lipinski definition) is 0. The minimum absolute atomic E-state index is 0.0463. The first-order valence-electron chi connectivity index (χ1n) is 2.89. The van der Waals surface area contributed by atoms with Gasteiger partial charge in [0.25, 0.3) is 0 Å². The fourth-order valence-corrected chi connectivity index (χ4v) is 3.26. The van der Waals surface area contributed by atoms with Crippen LogP contribution >= 0.6 is 10.0 Å². The van der Waals surface area contributed by atoms with Gasteiger partial charge in [-0.05, 0) is 36.9 Å². The van der Waals surface area contributed by atoms with Crippen LogP contribution < -0.4 is 0 Å². The van der Waals surface area contributed by atoms with Crippen LogP contribution in [0, 0.1) is 0 Å². The molecule has 7 heavy (non-hydrogen) atoms. The van der Waals surface area contributed by atoms with E-state index in [9.17, 15) is 0 Å². The third-order valence-corrected chi connectivity index (χ3v) is 4.43. The van der Waals surface area contributed by atoms with E-state index < -0.39 is 0 Å². The molecule has 0 aromatic heterocycles. The van der Waals surface area contributed by atoms with E-state index in [0.29, 0.717) is 0 Å². The third-order valence-electron chi connectivity index (χ3n) is 1.64. The molecule has 44 valence electrons. The topological polar surface area (TPSA) is 0 Å². The summed E-state index contributed by atoms with van der Waals surface area (Å²) in [7, 11) is -0.0463. The average Bonchev–Trinajstić information content (AvgIpc) is 1.84. The lowest BCUT2D eigenvalue weighted by molar-refractivity contribution is 0.949. The van der Waals surface area contributed by atoms with Crippen molar-refractivity contribution in [2.75, 3.05) is 24.0 Å². The van der Waals surface area contributed by atoms with Crippen LogP contribution in [0.15, 0.2) is 0 Å². The Bertz CT molecular complexity index is 58.6. The lowest BCUT2D eigenvalue weighted by Gasteiger charge is -2.22. The Kier molecular flexibility index (Phi) is 1.33.